The lowest BCUT2D eigenvalue weighted by Crippen LogP contribution is -2.22. The number of hydrogen-bond acceptors (Lipinski definition) is 4. The Bertz CT molecular complexity index is 1460. The number of nitrogens with zero attached hydrogens (tertiary/aromatic N) is 3. The number of hydrogen-bond donors (Lipinski definition) is 0. The quantitative estimate of drug-likeness (QED) is 0.321. The fourth-order valence-corrected chi connectivity index (χ4v) is 3.82. The molecule has 5 nitrogen and oxygen atoms in total. The third-order valence-corrected chi connectivity index (χ3v) is 5.89. The topological polar surface area (TPSA) is 57.0 Å². The molecule has 0 saturated carbocycles. The molecule has 0 saturated heterocycles. The number of pyridine rings is 3. The Labute approximate surface area is 207 Å². The Morgan fingerprint density at radius 1 is 1.03 bits per heavy atom. The lowest BCUT2D eigenvalue weighted by molar-refractivity contribution is 0.298. The highest BCUT2D eigenvalue weighted by atomic mass is 35.5. The van der Waals surface area contributed by atoms with Crippen molar-refractivity contribution in [2.45, 2.75) is 39.7 Å². The maximum Gasteiger partial charge on any atom is 0.277 e. The second-order valence-electron chi connectivity index (χ2n) is 9.24. The summed E-state index contributed by atoms with van der Waals surface area (Å²) in [6, 6.07) is 10.6. The van der Waals surface area contributed by atoms with Gasteiger partial charge in [0.05, 0.1) is 11.9 Å². The zero-order valence-electron chi connectivity index (χ0n) is 19.8. The van der Waals surface area contributed by atoms with Gasteiger partial charge in [0, 0.05) is 52.5 Å². The number of aromatic nitrogens is 3. The normalized spacial score (nSPS) is 11.5. The molecule has 0 aliphatic rings. The van der Waals surface area contributed by atoms with Crippen molar-refractivity contribution in [3.8, 4) is 22.6 Å². The molecule has 0 unspecified atom stereocenters. The summed E-state index contributed by atoms with van der Waals surface area (Å²) in [6.07, 6.45) is 5.06. The maximum absolute atomic E-state index is 13.9. The third kappa shape index (κ3) is 5.25. The van der Waals surface area contributed by atoms with Crippen LogP contribution in [0.4, 0.5) is 8.78 Å². The number of rotatable bonds is 5. The standard InChI is InChI=1S/C27H24ClF2N3O2/c1-16-9-23(35-15-18-5-6-20(29)12-22(18)30)25(28)26(34)33(16)21-10-19(13-31-14-21)17-7-8-32-24(11-17)27(2,3)4/h5-14H,15H2,1-4H3. The third-order valence-electron chi connectivity index (χ3n) is 5.54. The molecular weight excluding hydrogens is 472 g/mol. The van der Waals surface area contributed by atoms with Gasteiger partial charge in [-0.25, -0.2) is 8.78 Å². The van der Waals surface area contributed by atoms with Gasteiger partial charge in [0.1, 0.15) is 29.0 Å². The van der Waals surface area contributed by atoms with E-state index < -0.39 is 17.2 Å². The second-order valence-corrected chi connectivity index (χ2v) is 9.62. The van der Waals surface area contributed by atoms with Crippen molar-refractivity contribution in [3.63, 3.8) is 0 Å². The number of benzene rings is 1. The highest BCUT2D eigenvalue weighted by molar-refractivity contribution is 6.31. The van der Waals surface area contributed by atoms with Gasteiger partial charge in [-0.3, -0.25) is 19.3 Å². The van der Waals surface area contributed by atoms with E-state index in [1.807, 2.05) is 18.2 Å². The van der Waals surface area contributed by atoms with Gasteiger partial charge in [-0.1, -0.05) is 32.4 Å². The van der Waals surface area contributed by atoms with E-state index in [-0.39, 0.29) is 28.4 Å². The van der Waals surface area contributed by atoms with E-state index >= 15 is 0 Å². The van der Waals surface area contributed by atoms with Crippen LogP contribution in [0.3, 0.4) is 0 Å². The molecule has 180 valence electrons. The van der Waals surface area contributed by atoms with Crippen molar-refractivity contribution in [1.29, 1.82) is 0 Å². The molecule has 0 spiro atoms. The van der Waals surface area contributed by atoms with Gasteiger partial charge in [0.25, 0.3) is 5.56 Å². The van der Waals surface area contributed by atoms with Gasteiger partial charge in [-0.15, -0.1) is 0 Å². The van der Waals surface area contributed by atoms with Crippen molar-refractivity contribution in [2.75, 3.05) is 0 Å². The van der Waals surface area contributed by atoms with Gasteiger partial charge in [0.2, 0.25) is 0 Å². The Hall–Kier alpha value is -3.58. The van der Waals surface area contributed by atoms with Crippen LogP contribution in [0.5, 0.6) is 5.75 Å². The van der Waals surface area contributed by atoms with Crippen molar-refractivity contribution >= 4 is 11.6 Å². The molecule has 1 aromatic carbocycles. The van der Waals surface area contributed by atoms with Crippen molar-refractivity contribution in [1.82, 2.24) is 14.5 Å². The predicted octanol–water partition coefficient (Wildman–Crippen LogP) is 6.41. The molecule has 0 aliphatic heterocycles. The number of aryl methyl sites for hydroxylation is 1. The Morgan fingerprint density at radius 3 is 2.51 bits per heavy atom. The second kappa shape index (κ2) is 9.58. The molecule has 0 fully saturated rings. The van der Waals surface area contributed by atoms with E-state index in [0.717, 1.165) is 29.0 Å². The van der Waals surface area contributed by atoms with Crippen LogP contribution >= 0.6 is 11.6 Å². The summed E-state index contributed by atoms with van der Waals surface area (Å²) < 4.78 is 34.1. The summed E-state index contributed by atoms with van der Waals surface area (Å²) in [7, 11) is 0. The van der Waals surface area contributed by atoms with Crippen LogP contribution in [-0.2, 0) is 12.0 Å². The van der Waals surface area contributed by atoms with Crippen molar-refractivity contribution in [2.24, 2.45) is 0 Å². The maximum atomic E-state index is 13.9. The SMILES string of the molecule is Cc1cc(OCc2ccc(F)cc2F)c(Cl)c(=O)n1-c1cncc(-c2ccnc(C(C)(C)C)c2)c1. The molecule has 0 aliphatic carbocycles. The van der Waals surface area contributed by atoms with Crippen LogP contribution in [0.25, 0.3) is 16.8 Å². The molecule has 3 heterocycles. The minimum absolute atomic E-state index is 0.113. The summed E-state index contributed by atoms with van der Waals surface area (Å²) in [4.78, 5) is 22.0. The Kier molecular flexibility index (Phi) is 6.72. The van der Waals surface area contributed by atoms with Crippen LogP contribution in [0.15, 0.2) is 65.8 Å². The largest absolute Gasteiger partial charge is 0.487 e. The first-order chi connectivity index (χ1) is 16.5. The first-order valence-electron chi connectivity index (χ1n) is 11.0. The molecule has 8 heteroatoms. The smallest absolute Gasteiger partial charge is 0.277 e. The molecule has 35 heavy (non-hydrogen) atoms. The lowest BCUT2D eigenvalue weighted by atomic mass is 9.90. The van der Waals surface area contributed by atoms with Crippen LogP contribution in [0, 0.1) is 18.6 Å². The highest BCUT2D eigenvalue weighted by Gasteiger charge is 2.18. The van der Waals surface area contributed by atoms with Gasteiger partial charge in [-0.2, -0.15) is 0 Å². The molecule has 4 rings (SSSR count). The molecule has 0 amide bonds. The van der Waals surface area contributed by atoms with Crippen LogP contribution < -0.4 is 10.3 Å². The molecule has 0 N–H and O–H groups in total. The average molecular weight is 496 g/mol. The summed E-state index contributed by atoms with van der Waals surface area (Å²) in [6.45, 7) is 7.80. The van der Waals surface area contributed by atoms with Gasteiger partial charge < -0.3 is 4.74 Å². The van der Waals surface area contributed by atoms with E-state index in [1.165, 1.54) is 10.6 Å². The molecule has 0 bridgehead atoms. The zero-order valence-corrected chi connectivity index (χ0v) is 20.5. The fraction of sp³-hybridized carbons (Fsp3) is 0.222. The minimum Gasteiger partial charge on any atom is -0.487 e. The van der Waals surface area contributed by atoms with Gasteiger partial charge in [-0.05, 0) is 42.8 Å². The summed E-state index contributed by atoms with van der Waals surface area (Å²) >= 11 is 6.34. The van der Waals surface area contributed by atoms with Crippen LogP contribution in [0.1, 0.15) is 37.7 Å². The first-order valence-corrected chi connectivity index (χ1v) is 11.3. The van der Waals surface area contributed by atoms with E-state index in [4.69, 9.17) is 16.3 Å². The van der Waals surface area contributed by atoms with Crippen molar-refractivity contribution < 1.29 is 13.5 Å². The summed E-state index contributed by atoms with van der Waals surface area (Å²) in [5.74, 6) is -1.30. The predicted molar refractivity (Wildman–Crippen MR) is 132 cm³/mol. The lowest BCUT2D eigenvalue weighted by Gasteiger charge is -2.18. The van der Waals surface area contributed by atoms with Gasteiger partial charge >= 0.3 is 0 Å². The minimum atomic E-state index is -0.736. The summed E-state index contributed by atoms with van der Waals surface area (Å²) in [5, 5.41) is -0.151. The first kappa shape index (κ1) is 24.5. The van der Waals surface area contributed by atoms with E-state index in [2.05, 4.69) is 30.7 Å². The van der Waals surface area contributed by atoms with Gasteiger partial charge in [0.15, 0.2) is 0 Å². The monoisotopic (exact) mass is 495 g/mol. The Balaban J connectivity index is 1.67. The molecule has 0 radical (unpaired) electrons. The highest BCUT2D eigenvalue weighted by Crippen LogP contribution is 2.28. The zero-order chi connectivity index (χ0) is 25.3. The molecule has 0 atom stereocenters. The fourth-order valence-electron chi connectivity index (χ4n) is 3.63. The molecule has 4 aromatic rings. The summed E-state index contributed by atoms with van der Waals surface area (Å²) in [5.41, 5.74) is 3.32. The Morgan fingerprint density at radius 2 is 1.80 bits per heavy atom. The van der Waals surface area contributed by atoms with Crippen LogP contribution in [-0.4, -0.2) is 14.5 Å². The van der Waals surface area contributed by atoms with E-state index in [0.29, 0.717) is 11.4 Å². The van der Waals surface area contributed by atoms with E-state index in [1.54, 1.807) is 31.6 Å². The number of ether oxygens (including phenoxy) is 1. The molecular formula is C27H24ClF2N3O2. The average Bonchev–Trinajstić information content (AvgIpc) is 2.81. The number of halogens is 3. The van der Waals surface area contributed by atoms with Crippen LogP contribution in [0.2, 0.25) is 5.02 Å². The molecule has 3 aromatic heterocycles. The van der Waals surface area contributed by atoms with Crippen molar-refractivity contribution in [3.05, 3.63) is 105 Å². The van der Waals surface area contributed by atoms with E-state index in [9.17, 15) is 13.6 Å².